The Bertz CT molecular complexity index is 400. The lowest BCUT2D eigenvalue weighted by molar-refractivity contribution is 0.303. The largest absolute Gasteiger partial charge is 0.297 e. The van der Waals surface area contributed by atoms with Crippen LogP contribution in [-0.4, -0.2) is 27.8 Å². The molecule has 1 aromatic heterocycles. The second kappa shape index (κ2) is 6.20. The molecule has 2 heterocycles. The summed E-state index contributed by atoms with van der Waals surface area (Å²) in [5, 5.41) is 4.57. The van der Waals surface area contributed by atoms with E-state index in [1.807, 2.05) is 4.68 Å². The van der Waals surface area contributed by atoms with Gasteiger partial charge in [0.2, 0.25) is 0 Å². The van der Waals surface area contributed by atoms with E-state index in [4.69, 9.17) is 0 Å². The van der Waals surface area contributed by atoms with Crippen molar-refractivity contribution in [1.82, 2.24) is 14.7 Å². The SMILES string of the molecule is CCCC1CCN(Cc2c(Br)c(CC)nn2C)C1. The van der Waals surface area contributed by atoms with Crippen LogP contribution in [-0.2, 0) is 20.0 Å². The van der Waals surface area contributed by atoms with Crippen LogP contribution in [0.1, 0.15) is 44.5 Å². The average molecular weight is 314 g/mol. The molecule has 0 aliphatic carbocycles. The maximum Gasteiger partial charge on any atom is 0.0767 e. The second-order valence-corrected chi connectivity index (χ2v) is 6.16. The third kappa shape index (κ3) is 2.97. The van der Waals surface area contributed by atoms with Gasteiger partial charge in [-0.1, -0.05) is 20.3 Å². The van der Waals surface area contributed by atoms with Crippen molar-refractivity contribution in [3.63, 3.8) is 0 Å². The molecular formula is C14H24BrN3. The Morgan fingerprint density at radius 1 is 1.39 bits per heavy atom. The Hall–Kier alpha value is -0.350. The summed E-state index contributed by atoms with van der Waals surface area (Å²) in [6.07, 6.45) is 5.05. The predicted molar refractivity (Wildman–Crippen MR) is 78.6 cm³/mol. The number of hydrogen-bond acceptors (Lipinski definition) is 2. The van der Waals surface area contributed by atoms with E-state index in [-0.39, 0.29) is 0 Å². The van der Waals surface area contributed by atoms with Crippen molar-refractivity contribution in [2.75, 3.05) is 13.1 Å². The Labute approximate surface area is 119 Å². The van der Waals surface area contributed by atoms with Crippen molar-refractivity contribution in [2.45, 2.75) is 46.1 Å². The number of rotatable bonds is 5. The molecule has 102 valence electrons. The average Bonchev–Trinajstić information content (AvgIpc) is 2.89. The molecule has 0 aromatic carbocycles. The first kappa shape index (κ1) is 14.1. The molecule has 0 amide bonds. The molecular weight excluding hydrogens is 290 g/mol. The van der Waals surface area contributed by atoms with Gasteiger partial charge in [-0.25, -0.2) is 0 Å². The van der Waals surface area contributed by atoms with Crippen LogP contribution >= 0.6 is 15.9 Å². The molecule has 2 rings (SSSR count). The zero-order valence-corrected chi connectivity index (χ0v) is 13.3. The van der Waals surface area contributed by atoms with Crippen molar-refractivity contribution in [3.05, 3.63) is 15.9 Å². The molecule has 1 aliphatic heterocycles. The number of aromatic nitrogens is 2. The van der Waals surface area contributed by atoms with Crippen LogP contribution in [0, 0.1) is 5.92 Å². The van der Waals surface area contributed by atoms with Gasteiger partial charge in [-0.3, -0.25) is 9.58 Å². The molecule has 0 spiro atoms. The number of halogens is 1. The van der Waals surface area contributed by atoms with Crippen molar-refractivity contribution in [1.29, 1.82) is 0 Å². The first-order valence-electron chi connectivity index (χ1n) is 7.08. The first-order valence-corrected chi connectivity index (χ1v) is 7.87. The highest BCUT2D eigenvalue weighted by Crippen LogP contribution is 2.26. The molecule has 1 fully saturated rings. The summed E-state index contributed by atoms with van der Waals surface area (Å²) >= 11 is 3.71. The van der Waals surface area contributed by atoms with E-state index in [0.717, 1.165) is 18.9 Å². The fraction of sp³-hybridized carbons (Fsp3) is 0.786. The smallest absolute Gasteiger partial charge is 0.0767 e. The molecule has 0 N–H and O–H groups in total. The molecule has 0 bridgehead atoms. The zero-order chi connectivity index (χ0) is 13.1. The van der Waals surface area contributed by atoms with Crippen LogP contribution in [0.3, 0.4) is 0 Å². The van der Waals surface area contributed by atoms with Crippen LogP contribution in [0.5, 0.6) is 0 Å². The van der Waals surface area contributed by atoms with Gasteiger partial charge in [0.1, 0.15) is 0 Å². The van der Waals surface area contributed by atoms with Crippen molar-refractivity contribution < 1.29 is 0 Å². The minimum absolute atomic E-state index is 0.910. The molecule has 1 saturated heterocycles. The van der Waals surface area contributed by atoms with E-state index < -0.39 is 0 Å². The highest BCUT2D eigenvalue weighted by molar-refractivity contribution is 9.10. The summed E-state index contributed by atoms with van der Waals surface area (Å²) in [4.78, 5) is 2.57. The molecule has 1 aliphatic rings. The van der Waals surface area contributed by atoms with E-state index in [1.165, 1.54) is 48.2 Å². The van der Waals surface area contributed by atoms with Crippen molar-refractivity contribution >= 4 is 15.9 Å². The summed E-state index contributed by atoms with van der Waals surface area (Å²) in [6.45, 7) is 7.97. The van der Waals surface area contributed by atoms with Gasteiger partial charge in [0.25, 0.3) is 0 Å². The highest BCUT2D eigenvalue weighted by atomic mass is 79.9. The fourth-order valence-corrected chi connectivity index (χ4v) is 3.65. The third-order valence-corrected chi connectivity index (χ3v) is 4.86. The van der Waals surface area contributed by atoms with Crippen LogP contribution in [0.15, 0.2) is 4.47 Å². The second-order valence-electron chi connectivity index (χ2n) is 5.36. The van der Waals surface area contributed by atoms with Crippen LogP contribution in [0.4, 0.5) is 0 Å². The standard InChI is InChI=1S/C14H24BrN3/c1-4-6-11-7-8-18(9-11)10-13-14(15)12(5-2)16-17(13)3/h11H,4-10H2,1-3H3. The van der Waals surface area contributed by atoms with E-state index in [2.05, 4.69) is 46.8 Å². The molecule has 1 atom stereocenters. The van der Waals surface area contributed by atoms with E-state index in [9.17, 15) is 0 Å². The predicted octanol–water partition coefficient (Wildman–Crippen LogP) is 3.37. The summed E-state index contributed by atoms with van der Waals surface area (Å²) in [5.74, 6) is 0.910. The first-order chi connectivity index (χ1) is 8.65. The quantitative estimate of drug-likeness (QED) is 0.831. The molecule has 3 nitrogen and oxygen atoms in total. The Morgan fingerprint density at radius 2 is 2.17 bits per heavy atom. The van der Waals surface area contributed by atoms with E-state index in [0.29, 0.717) is 0 Å². The molecule has 1 aromatic rings. The lowest BCUT2D eigenvalue weighted by atomic mass is 10.0. The Balaban J connectivity index is 2.00. The molecule has 4 heteroatoms. The van der Waals surface area contributed by atoms with Gasteiger partial charge >= 0.3 is 0 Å². The van der Waals surface area contributed by atoms with Gasteiger partial charge in [0.15, 0.2) is 0 Å². The van der Waals surface area contributed by atoms with Crippen LogP contribution in [0.25, 0.3) is 0 Å². The summed E-state index contributed by atoms with van der Waals surface area (Å²) in [5.41, 5.74) is 2.50. The fourth-order valence-electron chi connectivity index (χ4n) is 2.90. The number of aryl methyl sites for hydroxylation is 2. The Morgan fingerprint density at radius 3 is 2.78 bits per heavy atom. The van der Waals surface area contributed by atoms with Gasteiger partial charge in [-0.2, -0.15) is 5.10 Å². The summed E-state index contributed by atoms with van der Waals surface area (Å²) in [7, 11) is 2.05. The molecule has 0 saturated carbocycles. The van der Waals surface area contributed by atoms with Gasteiger partial charge < -0.3 is 0 Å². The summed E-state index contributed by atoms with van der Waals surface area (Å²) in [6, 6.07) is 0. The minimum Gasteiger partial charge on any atom is -0.297 e. The maximum absolute atomic E-state index is 4.57. The molecule has 0 radical (unpaired) electrons. The van der Waals surface area contributed by atoms with Crippen molar-refractivity contribution in [3.8, 4) is 0 Å². The maximum atomic E-state index is 4.57. The zero-order valence-electron chi connectivity index (χ0n) is 11.7. The monoisotopic (exact) mass is 313 g/mol. The highest BCUT2D eigenvalue weighted by Gasteiger charge is 2.24. The van der Waals surface area contributed by atoms with Crippen LogP contribution < -0.4 is 0 Å². The number of hydrogen-bond donors (Lipinski definition) is 0. The normalized spacial score (nSPS) is 20.8. The lowest BCUT2D eigenvalue weighted by Gasteiger charge is -2.16. The van der Waals surface area contributed by atoms with Gasteiger partial charge in [0.05, 0.1) is 15.9 Å². The number of likely N-dealkylation sites (tertiary alicyclic amines) is 1. The minimum atomic E-state index is 0.910. The van der Waals surface area contributed by atoms with Crippen molar-refractivity contribution in [2.24, 2.45) is 13.0 Å². The molecule has 1 unspecified atom stereocenters. The Kier molecular flexibility index (Phi) is 4.84. The molecule has 18 heavy (non-hydrogen) atoms. The van der Waals surface area contributed by atoms with Gasteiger partial charge in [-0.05, 0) is 47.7 Å². The summed E-state index contributed by atoms with van der Waals surface area (Å²) < 4.78 is 3.25. The van der Waals surface area contributed by atoms with E-state index in [1.54, 1.807) is 0 Å². The third-order valence-electron chi connectivity index (χ3n) is 3.94. The van der Waals surface area contributed by atoms with Crippen LogP contribution in [0.2, 0.25) is 0 Å². The van der Waals surface area contributed by atoms with Gasteiger partial charge in [0, 0.05) is 20.1 Å². The topological polar surface area (TPSA) is 21.1 Å². The number of nitrogens with zero attached hydrogens (tertiary/aromatic N) is 3. The lowest BCUT2D eigenvalue weighted by Crippen LogP contribution is -2.22. The van der Waals surface area contributed by atoms with E-state index >= 15 is 0 Å². The van der Waals surface area contributed by atoms with Gasteiger partial charge in [-0.15, -0.1) is 0 Å².